The molecule has 0 aliphatic carbocycles. The predicted molar refractivity (Wildman–Crippen MR) is 68.8 cm³/mol. The minimum Gasteiger partial charge on any atom is -0.465 e. The maximum Gasteiger partial charge on any atom is 0.324 e. The van der Waals surface area contributed by atoms with Crippen LogP contribution in [0.5, 0.6) is 0 Å². The number of nitrogens with zero attached hydrogens (tertiary/aromatic N) is 1. The first-order chi connectivity index (χ1) is 8.66. The first kappa shape index (κ1) is 18.1. The highest BCUT2D eigenvalue weighted by Crippen LogP contribution is 2.18. The summed E-state index contributed by atoms with van der Waals surface area (Å²) >= 11 is 0. The number of hydrogen-bond acceptors (Lipinski definition) is 6. The first-order valence-corrected chi connectivity index (χ1v) is 7.99. The lowest BCUT2D eigenvalue weighted by Gasteiger charge is -2.28. The van der Waals surface area contributed by atoms with Gasteiger partial charge in [-0.25, -0.2) is 0 Å². The van der Waals surface area contributed by atoms with E-state index in [0.717, 1.165) is 0 Å². The van der Waals surface area contributed by atoms with Gasteiger partial charge in [-0.05, 0) is 27.7 Å². The highest BCUT2D eigenvalue weighted by molar-refractivity contribution is 8.11. The lowest BCUT2D eigenvalue weighted by atomic mass is 10.2. The van der Waals surface area contributed by atoms with Crippen LogP contribution < -0.4 is 0 Å². The second-order valence-corrected chi connectivity index (χ2v) is 6.04. The van der Waals surface area contributed by atoms with Crippen LogP contribution in [-0.4, -0.2) is 50.0 Å². The summed E-state index contributed by atoms with van der Waals surface area (Å²) in [5.74, 6) is -1.58. The van der Waals surface area contributed by atoms with E-state index in [0.29, 0.717) is 4.31 Å². The number of ether oxygens (including phenoxy) is 2. The Bertz CT molecular complexity index is 400. The SMILES string of the molecule is CCOC(=O)C(C)N(C(C)C(=O)OCC)S(=O)(=O)Cl. The van der Waals surface area contributed by atoms with Gasteiger partial charge in [0.25, 0.3) is 0 Å². The topological polar surface area (TPSA) is 90.0 Å². The third kappa shape index (κ3) is 5.33. The molecule has 2 atom stereocenters. The second kappa shape index (κ2) is 7.66. The average Bonchev–Trinajstić information content (AvgIpc) is 2.27. The van der Waals surface area contributed by atoms with Crippen LogP contribution in [0.2, 0.25) is 0 Å². The molecular weight excluding hydrogens is 298 g/mol. The van der Waals surface area contributed by atoms with E-state index >= 15 is 0 Å². The zero-order valence-corrected chi connectivity index (χ0v) is 12.8. The van der Waals surface area contributed by atoms with Crippen molar-refractivity contribution in [3.63, 3.8) is 0 Å². The molecule has 0 saturated heterocycles. The molecule has 0 aliphatic rings. The fourth-order valence-electron chi connectivity index (χ4n) is 1.45. The normalized spacial score (nSPS) is 14.8. The molecule has 19 heavy (non-hydrogen) atoms. The molecule has 0 rings (SSSR count). The van der Waals surface area contributed by atoms with Gasteiger partial charge < -0.3 is 9.47 Å². The van der Waals surface area contributed by atoms with Crippen molar-refractivity contribution in [2.45, 2.75) is 39.8 Å². The molecule has 7 nitrogen and oxygen atoms in total. The second-order valence-electron chi connectivity index (χ2n) is 3.63. The van der Waals surface area contributed by atoms with Gasteiger partial charge in [0.05, 0.1) is 13.2 Å². The van der Waals surface area contributed by atoms with Gasteiger partial charge in [0.1, 0.15) is 12.1 Å². The summed E-state index contributed by atoms with van der Waals surface area (Å²) in [6.07, 6.45) is 0. The van der Waals surface area contributed by atoms with Crippen LogP contribution in [0.3, 0.4) is 0 Å². The van der Waals surface area contributed by atoms with Gasteiger partial charge >= 0.3 is 21.2 Å². The van der Waals surface area contributed by atoms with Gasteiger partial charge in [0.15, 0.2) is 0 Å². The Morgan fingerprint density at radius 1 is 1.05 bits per heavy atom. The molecule has 0 amide bonds. The molecule has 0 fully saturated rings. The van der Waals surface area contributed by atoms with Gasteiger partial charge in [-0.2, -0.15) is 12.7 Å². The van der Waals surface area contributed by atoms with E-state index in [1.54, 1.807) is 13.8 Å². The fourth-order valence-corrected chi connectivity index (χ4v) is 3.09. The summed E-state index contributed by atoms with van der Waals surface area (Å²) in [4.78, 5) is 23.2. The van der Waals surface area contributed by atoms with Crippen molar-refractivity contribution in [2.75, 3.05) is 13.2 Å². The zero-order valence-electron chi connectivity index (χ0n) is 11.3. The van der Waals surface area contributed by atoms with Crippen LogP contribution in [0.1, 0.15) is 27.7 Å². The molecule has 9 heteroatoms. The van der Waals surface area contributed by atoms with Crippen molar-refractivity contribution in [1.29, 1.82) is 0 Å². The van der Waals surface area contributed by atoms with Crippen LogP contribution in [-0.2, 0) is 28.3 Å². The summed E-state index contributed by atoms with van der Waals surface area (Å²) < 4.78 is 33.0. The maximum absolute atomic E-state index is 11.6. The van der Waals surface area contributed by atoms with Crippen LogP contribution in [0.25, 0.3) is 0 Å². The third-order valence-corrected chi connectivity index (χ3v) is 3.88. The van der Waals surface area contributed by atoms with E-state index in [1.807, 2.05) is 0 Å². The van der Waals surface area contributed by atoms with Crippen molar-refractivity contribution >= 4 is 31.9 Å². The lowest BCUT2D eigenvalue weighted by Crippen LogP contribution is -2.50. The summed E-state index contributed by atoms with van der Waals surface area (Å²) in [5, 5.41) is 0. The lowest BCUT2D eigenvalue weighted by molar-refractivity contribution is -0.152. The smallest absolute Gasteiger partial charge is 0.324 e. The zero-order chi connectivity index (χ0) is 15.2. The van der Waals surface area contributed by atoms with Crippen molar-refractivity contribution in [1.82, 2.24) is 4.31 Å². The van der Waals surface area contributed by atoms with Crippen molar-refractivity contribution < 1.29 is 27.5 Å². The number of esters is 2. The molecule has 0 aliphatic heterocycles. The van der Waals surface area contributed by atoms with Gasteiger partial charge in [-0.3, -0.25) is 9.59 Å². The Morgan fingerprint density at radius 3 is 1.58 bits per heavy atom. The Kier molecular flexibility index (Phi) is 7.32. The molecule has 0 aromatic carbocycles. The quantitative estimate of drug-likeness (QED) is 0.507. The molecule has 0 bridgehead atoms. The molecule has 0 aromatic heterocycles. The summed E-state index contributed by atoms with van der Waals surface area (Å²) in [5.41, 5.74) is 0. The van der Waals surface area contributed by atoms with Gasteiger partial charge in [0, 0.05) is 10.7 Å². The van der Waals surface area contributed by atoms with Crippen LogP contribution in [0.15, 0.2) is 0 Å². The van der Waals surface area contributed by atoms with Gasteiger partial charge in [0.2, 0.25) is 0 Å². The van der Waals surface area contributed by atoms with E-state index in [-0.39, 0.29) is 13.2 Å². The molecule has 0 spiro atoms. The van der Waals surface area contributed by atoms with Crippen molar-refractivity contribution in [3.8, 4) is 0 Å². The third-order valence-electron chi connectivity index (χ3n) is 2.27. The van der Waals surface area contributed by atoms with E-state index in [1.165, 1.54) is 13.8 Å². The minimum absolute atomic E-state index is 0.0904. The average molecular weight is 316 g/mol. The van der Waals surface area contributed by atoms with E-state index < -0.39 is 33.3 Å². The fraction of sp³-hybridized carbons (Fsp3) is 0.800. The molecule has 0 radical (unpaired) electrons. The van der Waals surface area contributed by atoms with Gasteiger partial charge in [-0.1, -0.05) is 0 Å². The Labute approximate surface area is 117 Å². The molecule has 2 unspecified atom stereocenters. The number of hydrogen-bond donors (Lipinski definition) is 0. The van der Waals surface area contributed by atoms with Crippen molar-refractivity contribution in [3.05, 3.63) is 0 Å². The monoisotopic (exact) mass is 315 g/mol. The van der Waals surface area contributed by atoms with Crippen LogP contribution in [0.4, 0.5) is 0 Å². The summed E-state index contributed by atoms with van der Waals surface area (Å²) in [6, 6.07) is -2.44. The molecule has 0 saturated carbocycles. The van der Waals surface area contributed by atoms with Crippen LogP contribution in [0, 0.1) is 0 Å². The van der Waals surface area contributed by atoms with Crippen molar-refractivity contribution in [2.24, 2.45) is 0 Å². The molecule has 112 valence electrons. The standard InChI is InChI=1S/C10H18ClNO6S/c1-5-17-9(13)7(3)12(19(11,15)16)8(4)10(14)18-6-2/h7-8H,5-6H2,1-4H3. The first-order valence-electron chi connectivity index (χ1n) is 5.73. The van der Waals surface area contributed by atoms with Crippen LogP contribution >= 0.6 is 10.7 Å². The highest BCUT2D eigenvalue weighted by atomic mass is 35.7. The van der Waals surface area contributed by atoms with E-state index in [2.05, 4.69) is 0 Å². The summed E-state index contributed by atoms with van der Waals surface area (Å²) in [6.45, 7) is 5.92. The maximum atomic E-state index is 11.6. The summed E-state index contributed by atoms with van der Waals surface area (Å²) in [7, 11) is 0.974. The number of carbonyl (C=O) groups is 2. The van der Waals surface area contributed by atoms with E-state index in [9.17, 15) is 18.0 Å². The predicted octanol–water partition coefficient (Wildman–Crippen LogP) is 0.675. The number of halogens is 1. The Balaban J connectivity index is 5.24. The molecule has 0 aromatic rings. The minimum atomic E-state index is -4.29. The highest BCUT2D eigenvalue weighted by Gasteiger charge is 2.39. The Morgan fingerprint density at radius 2 is 1.37 bits per heavy atom. The van der Waals surface area contributed by atoms with E-state index in [4.69, 9.17) is 20.2 Å². The molecule has 0 heterocycles. The molecule has 0 N–H and O–H groups in total. The Hall–Kier alpha value is -0.860. The number of carbonyl (C=O) groups excluding carboxylic acids is 2. The van der Waals surface area contributed by atoms with Gasteiger partial charge in [-0.15, -0.1) is 0 Å². The molecular formula is C10H18ClNO6S. The largest absolute Gasteiger partial charge is 0.465 e. The number of rotatable bonds is 7.